The van der Waals surface area contributed by atoms with Crippen LogP contribution in [0.15, 0.2) is 30.3 Å². The Morgan fingerprint density at radius 1 is 1.08 bits per heavy atom. The van der Waals surface area contributed by atoms with Crippen LogP contribution < -0.4 is 30.1 Å². The van der Waals surface area contributed by atoms with E-state index in [9.17, 15) is 0 Å². The summed E-state index contributed by atoms with van der Waals surface area (Å²) in [5.41, 5.74) is 1.33. The summed E-state index contributed by atoms with van der Waals surface area (Å²) in [6.45, 7) is 0.959. The summed E-state index contributed by atoms with van der Waals surface area (Å²) in [6.07, 6.45) is 0. The van der Waals surface area contributed by atoms with E-state index in [1.807, 2.05) is 25.2 Å². The van der Waals surface area contributed by atoms with E-state index in [1.54, 1.807) is 0 Å². The standard InChI is InChI=1S/C8H11N.2ClH.Zn/c1-9-7-8-5-3-2-4-6-8;;;/h2-6,9H,7H2,1H3;2*1H;/q;;;+2/p-2. The predicted octanol–water partition coefficient (Wildman–Crippen LogP) is -4.59. The Bertz CT molecular complexity index is 170. The molecule has 0 heterocycles. The molecule has 1 aromatic rings. The fraction of sp³-hybridized carbons (Fsp3) is 0.250. The summed E-state index contributed by atoms with van der Waals surface area (Å²) in [4.78, 5) is 0. The number of benzene rings is 1. The van der Waals surface area contributed by atoms with Gasteiger partial charge in [-0.2, -0.15) is 0 Å². The molecule has 0 aliphatic rings. The molecule has 1 aromatic carbocycles. The summed E-state index contributed by atoms with van der Waals surface area (Å²) < 4.78 is 0. The summed E-state index contributed by atoms with van der Waals surface area (Å²) in [6, 6.07) is 10.3. The smallest absolute Gasteiger partial charge is 1.00 e. The maximum absolute atomic E-state index is 3.08. The molecular weight excluding hydrogens is 246 g/mol. The van der Waals surface area contributed by atoms with Crippen LogP contribution in [0.4, 0.5) is 0 Å². The van der Waals surface area contributed by atoms with Gasteiger partial charge in [-0.15, -0.1) is 0 Å². The minimum Gasteiger partial charge on any atom is -1.00 e. The molecule has 0 saturated carbocycles. The number of hydrogen-bond donors (Lipinski definition) is 1. The van der Waals surface area contributed by atoms with E-state index in [1.165, 1.54) is 5.56 Å². The molecule has 0 bridgehead atoms. The van der Waals surface area contributed by atoms with E-state index in [0.717, 1.165) is 6.54 Å². The second kappa shape index (κ2) is 11.4. The quantitative estimate of drug-likeness (QED) is 0.526. The molecule has 0 aliphatic heterocycles. The molecule has 0 aliphatic carbocycles. The van der Waals surface area contributed by atoms with Gasteiger partial charge in [0.25, 0.3) is 0 Å². The minimum absolute atomic E-state index is 0. The van der Waals surface area contributed by atoms with Gasteiger partial charge in [0.2, 0.25) is 0 Å². The average Bonchev–Trinajstić information content (AvgIpc) is 1.91. The maximum atomic E-state index is 3.08. The molecule has 0 atom stereocenters. The van der Waals surface area contributed by atoms with Crippen LogP contribution in [0.5, 0.6) is 0 Å². The Labute approximate surface area is 98.9 Å². The van der Waals surface area contributed by atoms with Crippen LogP contribution in [-0.4, -0.2) is 7.05 Å². The van der Waals surface area contributed by atoms with Gasteiger partial charge in [-0.05, 0) is 12.6 Å². The first-order chi connectivity index (χ1) is 4.43. The van der Waals surface area contributed by atoms with Crippen molar-refractivity contribution in [2.24, 2.45) is 0 Å². The van der Waals surface area contributed by atoms with E-state index >= 15 is 0 Å². The molecule has 64 valence electrons. The van der Waals surface area contributed by atoms with E-state index in [0.29, 0.717) is 0 Å². The van der Waals surface area contributed by atoms with E-state index in [-0.39, 0.29) is 44.3 Å². The van der Waals surface area contributed by atoms with Crippen LogP contribution in [0.3, 0.4) is 0 Å². The molecule has 0 saturated heterocycles. The topological polar surface area (TPSA) is 12.0 Å². The van der Waals surface area contributed by atoms with Crippen LogP contribution >= 0.6 is 0 Å². The average molecular weight is 257 g/mol. The number of halogens is 2. The Balaban J connectivity index is -0.000000270. The molecule has 0 unspecified atom stereocenters. The number of hydrogen-bond acceptors (Lipinski definition) is 1. The Morgan fingerprint density at radius 3 is 2.00 bits per heavy atom. The molecule has 0 amide bonds. The molecule has 0 radical (unpaired) electrons. The van der Waals surface area contributed by atoms with Gasteiger partial charge < -0.3 is 30.1 Å². The van der Waals surface area contributed by atoms with Crippen molar-refractivity contribution < 1.29 is 44.3 Å². The van der Waals surface area contributed by atoms with Crippen molar-refractivity contribution in [2.75, 3.05) is 7.05 Å². The fourth-order valence-corrected chi connectivity index (χ4v) is 0.800. The minimum atomic E-state index is 0. The molecule has 12 heavy (non-hydrogen) atoms. The first kappa shape index (κ1) is 18.2. The summed E-state index contributed by atoms with van der Waals surface area (Å²) >= 11 is 0. The largest absolute Gasteiger partial charge is 2.00 e. The van der Waals surface area contributed by atoms with Crippen molar-refractivity contribution in [3.8, 4) is 0 Å². The van der Waals surface area contributed by atoms with Gasteiger partial charge in [0, 0.05) is 6.54 Å². The molecular formula is C8H11Cl2NZn. The first-order valence-corrected chi connectivity index (χ1v) is 3.12. The zero-order valence-electron chi connectivity index (χ0n) is 7.06. The van der Waals surface area contributed by atoms with E-state index in [4.69, 9.17) is 0 Å². The molecule has 1 rings (SSSR count). The van der Waals surface area contributed by atoms with E-state index in [2.05, 4.69) is 17.4 Å². The van der Waals surface area contributed by atoms with Gasteiger partial charge in [0.1, 0.15) is 0 Å². The molecule has 0 spiro atoms. The first-order valence-electron chi connectivity index (χ1n) is 3.12. The van der Waals surface area contributed by atoms with Crippen molar-refractivity contribution in [3.63, 3.8) is 0 Å². The summed E-state index contributed by atoms with van der Waals surface area (Å²) in [7, 11) is 1.95. The van der Waals surface area contributed by atoms with Gasteiger partial charge in [0.15, 0.2) is 0 Å². The van der Waals surface area contributed by atoms with Gasteiger partial charge >= 0.3 is 19.5 Å². The zero-order valence-corrected chi connectivity index (χ0v) is 11.5. The maximum Gasteiger partial charge on any atom is 2.00 e. The Kier molecular flexibility index (Phi) is 17.3. The van der Waals surface area contributed by atoms with Crippen LogP contribution in [0, 0.1) is 0 Å². The van der Waals surface area contributed by atoms with E-state index < -0.39 is 0 Å². The van der Waals surface area contributed by atoms with Gasteiger partial charge in [0.05, 0.1) is 0 Å². The van der Waals surface area contributed by atoms with Crippen molar-refractivity contribution in [1.29, 1.82) is 0 Å². The third kappa shape index (κ3) is 7.06. The number of rotatable bonds is 2. The van der Waals surface area contributed by atoms with Crippen LogP contribution in [0.2, 0.25) is 0 Å². The second-order valence-electron chi connectivity index (χ2n) is 2.02. The van der Waals surface area contributed by atoms with Crippen molar-refractivity contribution in [2.45, 2.75) is 6.54 Å². The fourth-order valence-electron chi connectivity index (χ4n) is 0.800. The summed E-state index contributed by atoms with van der Waals surface area (Å²) in [5, 5.41) is 3.08. The van der Waals surface area contributed by atoms with Crippen LogP contribution in [0.25, 0.3) is 0 Å². The monoisotopic (exact) mass is 255 g/mol. The molecule has 4 heteroatoms. The van der Waals surface area contributed by atoms with Gasteiger partial charge in [-0.1, -0.05) is 30.3 Å². The third-order valence-electron chi connectivity index (χ3n) is 1.22. The predicted molar refractivity (Wildman–Crippen MR) is 39.2 cm³/mol. The Hall–Kier alpha value is 0.383. The molecule has 0 aromatic heterocycles. The second-order valence-corrected chi connectivity index (χ2v) is 2.02. The van der Waals surface area contributed by atoms with Crippen LogP contribution in [-0.2, 0) is 26.0 Å². The molecule has 1 N–H and O–H groups in total. The molecule has 1 nitrogen and oxygen atoms in total. The molecule has 0 fully saturated rings. The van der Waals surface area contributed by atoms with Crippen molar-refractivity contribution in [1.82, 2.24) is 5.32 Å². The van der Waals surface area contributed by atoms with Gasteiger partial charge in [-0.25, -0.2) is 0 Å². The number of nitrogens with one attached hydrogen (secondary N) is 1. The van der Waals surface area contributed by atoms with Crippen LogP contribution in [0.1, 0.15) is 5.56 Å². The Morgan fingerprint density at radius 2 is 1.58 bits per heavy atom. The van der Waals surface area contributed by atoms with Gasteiger partial charge in [-0.3, -0.25) is 0 Å². The zero-order chi connectivity index (χ0) is 6.53. The van der Waals surface area contributed by atoms with Crippen molar-refractivity contribution >= 4 is 0 Å². The SMILES string of the molecule is CNCc1ccccc1.[Cl-].[Cl-].[Zn+2]. The normalized spacial score (nSPS) is 7.08. The third-order valence-corrected chi connectivity index (χ3v) is 1.22. The van der Waals surface area contributed by atoms with Crippen molar-refractivity contribution in [3.05, 3.63) is 35.9 Å². The summed E-state index contributed by atoms with van der Waals surface area (Å²) in [5.74, 6) is 0.